The van der Waals surface area contributed by atoms with Gasteiger partial charge in [-0.3, -0.25) is 4.79 Å². The fourth-order valence-electron chi connectivity index (χ4n) is 2.09. The minimum Gasteiger partial charge on any atom is -0.394 e. The van der Waals surface area contributed by atoms with Crippen LogP contribution in [-0.4, -0.2) is 33.2 Å². The zero-order valence-corrected chi connectivity index (χ0v) is 12.8. The van der Waals surface area contributed by atoms with E-state index in [0.29, 0.717) is 11.3 Å². The van der Waals surface area contributed by atoms with E-state index < -0.39 is 0 Å². The fourth-order valence-corrected chi connectivity index (χ4v) is 2.70. The molecule has 6 heteroatoms. The summed E-state index contributed by atoms with van der Waals surface area (Å²) in [5, 5.41) is 16.3. The molecule has 1 aromatic carbocycles. The van der Waals surface area contributed by atoms with Crippen LogP contribution in [0.15, 0.2) is 30.3 Å². The van der Waals surface area contributed by atoms with Crippen LogP contribution in [0.3, 0.4) is 0 Å². The average molecular weight is 305 g/mol. The number of carbonyl (C=O) groups is 1. The third kappa shape index (κ3) is 4.34. The number of carbonyl (C=O) groups excluding carboxylic acids is 1. The molecule has 1 atom stereocenters. The minimum absolute atomic E-state index is 0.101. The third-order valence-electron chi connectivity index (χ3n) is 3.13. The number of hydrogen-bond acceptors (Lipinski definition) is 5. The molecular formula is C15H19N3O2S. The fraction of sp³-hybridized carbons (Fsp3) is 0.400. The van der Waals surface area contributed by atoms with E-state index in [0.717, 1.165) is 35.6 Å². The van der Waals surface area contributed by atoms with E-state index in [2.05, 4.69) is 14.9 Å². The Hall–Kier alpha value is -1.79. The molecule has 0 spiro atoms. The molecule has 0 fully saturated rings. The van der Waals surface area contributed by atoms with Crippen molar-refractivity contribution < 1.29 is 9.90 Å². The first-order valence-electron chi connectivity index (χ1n) is 7.01. The van der Waals surface area contributed by atoms with Crippen molar-refractivity contribution in [1.29, 1.82) is 0 Å². The molecule has 21 heavy (non-hydrogen) atoms. The van der Waals surface area contributed by atoms with Gasteiger partial charge in [0, 0.05) is 0 Å². The molecular weight excluding hydrogens is 286 g/mol. The SMILES string of the molecule is CCCc1nnsc1C(=O)NC(CO)Cc1ccccc1. The van der Waals surface area contributed by atoms with E-state index in [1.165, 1.54) is 0 Å². The average Bonchev–Trinajstić information content (AvgIpc) is 2.96. The molecule has 1 unspecified atom stereocenters. The highest BCUT2D eigenvalue weighted by Gasteiger charge is 2.19. The van der Waals surface area contributed by atoms with Gasteiger partial charge in [-0.15, -0.1) is 5.10 Å². The Morgan fingerprint density at radius 1 is 1.38 bits per heavy atom. The Morgan fingerprint density at radius 3 is 2.81 bits per heavy atom. The van der Waals surface area contributed by atoms with Crippen molar-refractivity contribution in [2.24, 2.45) is 0 Å². The number of hydrogen-bond donors (Lipinski definition) is 2. The van der Waals surface area contributed by atoms with Gasteiger partial charge in [0.1, 0.15) is 4.88 Å². The summed E-state index contributed by atoms with van der Waals surface area (Å²) in [4.78, 5) is 12.8. The lowest BCUT2D eigenvalue weighted by Gasteiger charge is -2.16. The number of aromatic nitrogens is 2. The number of aliphatic hydroxyl groups is 1. The molecule has 1 aromatic heterocycles. The first-order chi connectivity index (χ1) is 10.2. The van der Waals surface area contributed by atoms with Crippen molar-refractivity contribution in [1.82, 2.24) is 14.9 Å². The first-order valence-corrected chi connectivity index (χ1v) is 7.78. The second kappa shape index (κ2) is 7.85. The summed E-state index contributed by atoms with van der Waals surface area (Å²) in [6.45, 7) is 1.93. The highest BCUT2D eigenvalue weighted by molar-refractivity contribution is 7.08. The second-order valence-corrected chi connectivity index (χ2v) is 5.60. The minimum atomic E-state index is -0.309. The molecule has 1 amide bonds. The van der Waals surface area contributed by atoms with Crippen LogP contribution < -0.4 is 5.32 Å². The van der Waals surface area contributed by atoms with Gasteiger partial charge in [-0.25, -0.2) is 0 Å². The van der Waals surface area contributed by atoms with Crippen LogP contribution in [0.4, 0.5) is 0 Å². The Kier molecular flexibility index (Phi) is 5.83. The van der Waals surface area contributed by atoms with Crippen LogP contribution in [0.25, 0.3) is 0 Å². The molecule has 2 aromatic rings. The van der Waals surface area contributed by atoms with Gasteiger partial charge in [0.05, 0.1) is 18.3 Å². The summed E-state index contributed by atoms with van der Waals surface area (Å²) in [6.07, 6.45) is 2.25. The lowest BCUT2D eigenvalue weighted by molar-refractivity contribution is 0.0919. The van der Waals surface area contributed by atoms with Crippen LogP contribution in [0.5, 0.6) is 0 Å². The van der Waals surface area contributed by atoms with E-state index in [-0.39, 0.29) is 18.6 Å². The first kappa shape index (κ1) is 15.6. The van der Waals surface area contributed by atoms with Gasteiger partial charge in [0.25, 0.3) is 5.91 Å². The Labute approximate surface area is 128 Å². The van der Waals surface area contributed by atoms with Gasteiger partial charge >= 0.3 is 0 Å². The van der Waals surface area contributed by atoms with Gasteiger partial charge in [-0.1, -0.05) is 48.2 Å². The van der Waals surface area contributed by atoms with Crippen molar-refractivity contribution in [3.8, 4) is 0 Å². The maximum atomic E-state index is 12.3. The van der Waals surface area contributed by atoms with Gasteiger partial charge in [0.2, 0.25) is 0 Å². The summed E-state index contributed by atoms with van der Waals surface area (Å²) >= 11 is 1.10. The van der Waals surface area contributed by atoms with Crippen LogP contribution in [0.2, 0.25) is 0 Å². The Bertz CT molecular complexity index is 571. The van der Waals surface area contributed by atoms with Gasteiger partial charge in [-0.2, -0.15) is 0 Å². The molecule has 0 saturated carbocycles. The number of amides is 1. The quantitative estimate of drug-likeness (QED) is 0.818. The molecule has 0 saturated heterocycles. The van der Waals surface area contributed by atoms with Crippen LogP contribution in [0, 0.1) is 0 Å². The predicted molar refractivity (Wildman–Crippen MR) is 82.4 cm³/mol. The van der Waals surface area contributed by atoms with E-state index in [1.54, 1.807) is 0 Å². The van der Waals surface area contributed by atoms with Gasteiger partial charge < -0.3 is 10.4 Å². The highest BCUT2D eigenvalue weighted by atomic mass is 32.1. The Morgan fingerprint density at radius 2 is 2.14 bits per heavy atom. The lowest BCUT2D eigenvalue weighted by atomic mass is 10.1. The molecule has 1 heterocycles. The topological polar surface area (TPSA) is 75.1 Å². The smallest absolute Gasteiger partial charge is 0.265 e. The lowest BCUT2D eigenvalue weighted by Crippen LogP contribution is -2.39. The number of nitrogens with zero attached hydrogens (tertiary/aromatic N) is 2. The van der Waals surface area contributed by atoms with Crippen LogP contribution in [0.1, 0.15) is 34.3 Å². The standard InChI is InChI=1S/C15H19N3O2S/c1-2-6-13-14(21-18-17-13)15(20)16-12(10-19)9-11-7-4-3-5-8-11/h3-5,7-8,12,19H,2,6,9-10H2,1H3,(H,16,20). The molecule has 112 valence electrons. The maximum Gasteiger partial charge on any atom is 0.265 e. The maximum absolute atomic E-state index is 12.3. The Balaban J connectivity index is 2.01. The van der Waals surface area contributed by atoms with E-state index >= 15 is 0 Å². The van der Waals surface area contributed by atoms with Gasteiger partial charge in [0.15, 0.2) is 0 Å². The number of aliphatic hydroxyl groups excluding tert-OH is 1. The number of aryl methyl sites for hydroxylation is 1. The van der Waals surface area contributed by atoms with Crippen molar-refractivity contribution in [2.45, 2.75) is 32.2 Å². The zero-order valence-electron chi connectivity index (χ0n) is 12.0. The second-order valence-electron chi connectivity index (χ2n) is 4.84. The summed E-state index contributed by atoms with van der Waals surface area (Å²) in [5.41, 5.74) is 1.81. The molecule has 2 rings (SSSR count). The van der Waals surface area contributed by atoms with E-state index in [1.807, 2.05) is 37.3 Å². The predicted octanol–water partition coefficient (Wildman–Crippen LogP) is 1.82. The normalized spacial score (nSPS) is 12.1. The molecule has 2 N–H and O–H groups in total. The third-order valence-corrected chi connectivity index (χ3v) is 3.90. The summed E-state index contributed by atoms with van der Waals surface area (Å²) in [7, 11) is 0. The zero-order chi connectivity index (χ0) is 15.1. The summed E-state index contributed by atoms with van der Waals surface area (Å²) < 4.78 is 3.85. The summed E-state index contributed by atoms with van der Waals surface area (Å²) in [6, 6.07) is 9.47. The van der Waals surface area contributed by atoms with E-state index in [9.17, 15) is 9.90 Å². The number of nitrogens with one attached hydrogen (secondary N) is 1. The molecule has 5 nitrogen and oxygen atoms in total. The summed E-state index contributed by atoms with van der Waals surface area (Å²) in [5.74, 6) is -0.205. The molecule has 0 aliphatic rings. The highest BCUT2D eigenvalue weighted by Crippen LogP contribution is 2.13. The largest absolute Gasteiger partial charge is 0.394 e. The molecule has 0 bridgehead atoms. The van der Waals surface area contributed by atoms with Gasteiger partial charge in [-0.05, 0) is 29.9 Å². The van der Waals surface area contributed by atoms with Crippen molar-refractivity contribution in [3.63, 3.8) is 0 Å². The molecule has 0 aliphatic carbocycles. The van der Waals surface area contributed by atoms with Crippen molar-refractivity contribution in [3.05, 3.63) is 46.5 Å². The number of benzene rings is 1. The van der Waals surface area contributed by atoms with E-state index in [4.69, 9.17) is 0 Å². The van der Waals surface area contributed by atoms with Crippen molar-refractivity contribution in [2.75, 3.05) is 6.61 Å². The van der Waals surface area contributed by atoms with Crippen LogP contribution >= 0.6 is 11.5 Å². The molecule has 0 radical (unpaired) electrons. The van der Waals surface area contributed by atoms with Crippen molar-refractivity contribution >= 4 is 17.4 Å². The monoisotopic (exact) mass is 305 g/mol. The van der Waals surface area contributed by atoms with Crippen LogP contribution in [-0.2, 0) is 12.8 Å². The number of rotatable bonds is 7. The molecule has 0 aliphatic heterocycles.